The van der Waals surface area contributed by atoms with Gasteiger partial charge < -0.3 is 14.9 Å². The minimum atomic E-state index is -3.18. The van der Waals surface area contributed by atoms with Crippen molar-refractivity contribution in [2.45, 2.75) is 4.90 Å². The Balaban J connectivity index is 1.64. The van der Waals surface area contributed by atoms with E-state index in [4.69, 9.17) is 5.11 Å². The van der Waals surface area contributed by atoms with E-state index in [0.29, 0.717) is 4.90 Å². The third kappa shape index (κ3) is 3.90. The highest BCUT2D eigenvalue weighted by molar-refractivity contribution is 7.90. The van der Waals surface area contributed by atoms with Crippen molar-refractivity contribution >= 4 is 27.3 Å². The number of rotatable bonds is 4. The van der Waals surface area contributed by atoms with Crippen LogP contribution in [0.4, 0.5) is 11.5 Å². The lowest BCUT2D eigenvalue weighted by molar-refractivity contribution is 0.0696. The number of sulfone groups is 1. The minimum absolute atomic E-state index is 0.174. The van der Waals surface area contributed by atoms with Crippen LogP contribution >= 0.6 is 0 Å². The van der Waals surface area contributed by atoms with Gasteiger partial charge in [0, 0.05) is 44.3 Å². The molecule has 1 aliphatic heterocycles. The molecule has 132 valence electrons. The average molecular weight is 361 g/mol. The van der Waals surface area contributed by atoms with Crippen LogP contribution in [-0.2, 0) is 9.84 Å². The number of carboxylic acids is 1. The highest BCUT2D eigenvalue weighted by atomic mass is 32.2. The van der Waals surface area contributed by atoms with Gasteiger partial charge in [0.15, 0.2) is 9.84 Å². The summed E-state index contributed by atoms with van der Waals surface area (Å²) in [6, 6.07) is 10.2. The molecule has 0 bridgehead atoms. The number of piperazine rings is 1. The summed E-state index contributed by atoms with van der Waals surface area (Å²) in [6.07, 6.45) is 2.57. The van der Waals surface area contributed by atoms with E-state index in [0.717, 1.165) is 37.7 Å². The maximum atomic E-state index is 11.5. The van der Waals surface area contributed by atoms with E-state index in [1.807, 2.05) is 12.1 Å². The topological polar surface area (TPSA) is 90.8 Å². The molecule has 1 aromatic carbocycles. The molecule has 2 aromatic rings. The fourth-order valence-corrected chi connectivity index (χ4v) is 3.43. The molecular weight excluding hydrogens is 342 g/mol. The van der Waals surface area contributed by atoms with Crippen molar-refractivity contribution < 1.29 is 18.3 Å². The number of carboxylic acid groups (broad SMARTS) is 1. The molecule has 3 rings (SSSR count). The van der Waals surface area contributed by atoms with Crippen LogP contribution in [0.1, 0.15) is 10.4 Å². The zero-order chi connectivity index (χ0) is 18.0. The molecule has 0 unspecified atom stereocenters. The van der Waals surface area contributed by atoms with Crippen molar-refractivity contribution in [2.75, 3.05) is 42.2 Å². The molecule has 7 nitrogen and oxygen atoms in total. The Kier molecular flexibility index (Phi) is 4.63. The van der Waals surface area contributed by atoms with Gasteiger partial charge in [-0.25, -0.2) is 18.2 Å². The first kappa shape index (κ1) is 17.2. The lowest BCUT2D eigenvalue weighted by atomic mass is 10.2. The average Bonchev–Trinajstić information content (AvgIpc) is 2.61. The molecule has 0 amide bonds. The Morgan fingerprint density at radius 3 is 2.08 bits per heavy atom. The SMILES string of the molecule is CS(=O)(=O)c1ccc(N2CCN(c3ccc(C(=O)O)cn3)CC2)cc1. The van der Waals surface area contributed by atoms with Crippen LogP contribution < -0.4 is 9.80 Å². The summed E-state index contributed by atoms with van der Waals surface area (Å²) >= 11 is 0. The molecular formula is C17H19N3O4S. The monoisotopic (exact) mass is 361 g/mol. The van der Waals surface area contributed by atoms with Gasteiger partial charge >= 0.3 is 5.97 Å². The van der Waals surface area contributed by atoms with E-state index in [1.54, 1.807) is 24.3 Å². The quantitative estimate of drug-likeness (QED) is 0.882. The van der Waals surface area contributed by atoms with Gasteiger partial charge in [-0.2, -0.15) is 0 Å². The number of hydrogen-bond donors (Lipinski definition) is 1. The maximum Gasteiger partial charge on any atom is 0.337 e. The minimum Gasteiger partial charge on any atom is -0.478 e. The van der Waals surface area contributed by atoms with Crippen molar-refractivity contribution in [3.05, 3.63) is 48.2 Å². The van der Waals surface area contributed by atoms with E-state index >= 15 is 0 Å². The van der Waals surface area contributed by atoms with Gasteiger partial charge in [-0.3, -0.25) is 0 Å². The summed E-state index contributed by atoms with van der Waals surface area (Å²) in [6.45, 7) is 3.07. The van der Waals surface area contributed by atoms with Gasteiger partial charge in [-0.05, 0) is 36.4 Å². The van der Waals surface area contributed by atoms with Crippen LogP contribution in [0.2, 0.25) is 0 Å². The Morgan fingerprint density at radius 2 is 1.60 bits per heavy atom. The molecule has 2 heterocycles. The summed E-state index contributed by atoms with van der Waals surface area (Å²) in [5.74, 6) is -0.224. The second-order valence-electron chi connectivity index (χ2n) is 5.95. The zero-order valence-electron chi connectivity index (χ0n) is 13.8. The maximum absolute atomic E-state index is 11.5. The molecule has 1 fully saturated rings. The standard InChI is InChI=1S/C17H19N3O4S/c1-25(23,24)15-5-3-14(4-6-15)19-8-10-20(11-9-19)16-7-2-13(12-18-16)17(21)22/h2-7,12H,8-11H2,1H3,(H,21,22). The third-order valence-corrected chi connectivity index (χ3v) is 5.36. The molecule has 1 N–H and O–H groups in total. The molecule has 1 aromatic heterocycles. The predicted octanol–water partition coefficient (Wildman–Crippen LogP) is 1.51. The van der Waals surface area contributed by atoms with Gasteiger partial charge in [0.05, 0.1) is 10.5 Å². The number of anilines is 2. The van der Waals surface area contributed by atoms with Gasteiger partial charge in [-0.1, -0.05) is 0 Å². The van der Waals surface area contributed by atoms with Crippen LogP contribution in [0.5, 0.6) is 0 Å². The number of pyridine rings is 1. The fraction of sp³-hybridized carbons (Fsp3) is 0.294. The zero-order valence-corrected chi connectivity index (χ0v) is 14.6. The normalized spacial score (nSPS) is 15.2. The Labute approximate surface area is 146 Å². The fourth-order valence-electron chi connectivity index (χ4n) is 2.80. The van der Waals surface area contributed by atoms with Crippen LogP contribution in [0, 0.1) is 0 Å². The number of hydrogen-bond acceptors (Lipinski definition) is 6. The lowest BCUT2D eigenvalue weighted by Crippen LogP contribution is -2.46. The summed E-state index contributed by atoms with van der Waals surface area (Å²) in [7, 11) is -3.18. The van der Waals surface area contributed by atoms with Gasteiger partial charge in [0.25, 0.3) is 0 Å². The van der Waals surface area contributed by atoms with Crippen LogP contribution in [0.15, 0.2) is 47.5 Å². The van der Waals surface area contributed by atoms with Crippen LogP contribution in [0.25, 0.3) is 0 Å². The van der Waals surface area contributed by atoms with Crippen LogP contribution in [-0.4, -0.2) is 56.9 Å². The van der Waals surface area contributed by atoms with Crippen molar-refractivity contribution in [3.8, 4) is 0 Å². The number of aromatic carboxylic acids is 1. The van der Waals surface area contributed by atoms with Crippen LogP contribution in [0.3, 0.4) is 0 Å². The first-order valence-corrected chi connectivity index (χ1v) is 9.73. The highest BCUT2D eigenvalue weighted by Gasteiger charge is 2.19. The number of aromatic nitrogens is 1. The van der Waals surface area contributed by atoms with E-state index < -0.39 is 15.8 Å². The molecule has 1 aliphatic rings. The lowest BCUT2D eigenvalue weighted by Gasteiger charge is -2.36. The largest absolute Gasteiger partial charge is 0.478 e. The number of benzene rings is 1. The molecule has 0 spiro atoms. The van der Waals surface area contributed by atoms with E-state index in [2.05, 4.69) is 14.8 Å². The summed E-state index contributed by atoms with van der Waals surface area (Å²) in [4.78, 5) is 19.7. The van der Waals surface area contributed by atoms with Crippen molar-refractivity contribution in [3.63, 3.8) is 0 Å². The number of nitrogens with zero attached hydrogens (tertiary/aromatic N) is 3. The third-order valence-electron chi connectivity index (χ3n) is 4.23. The molecule has 0 aliphatic carbocycles. The predicted molar refractivity (Wildman–Crippen MR) is 95.2 cm³/mol. The second kappa shape index (κ2) is 6.72. The summed E-state index contributed by atoms with van der Waals surface area (Å²) in [5, 5.41) is 8.92. The Morgan fingerprint density at radius 1 is 1.00 bits per heavy atom. The Hall–Kier alpha value is -2.61. The number of carbonyl (C=O) groups is 1. The molecule has 1 saturated heterocycles. The van der Waals surface area contributed by atoms with Gasteiger partial charge in [-0.15, -0.1) is 0 Å². The van der Waals surface area contributed by atoms with E-state index in [9.17, 15) is 13.2 Å². The smallest absolute Gasteiger partial charge is 0.337 e. The van der Waals surface area contributed by atoms with E-state index in [1.165, 1.54) is 12.5 Å². The van der Waals surface area contributed by atoms with Crippen molar-refractivity contribution in [1.82, 2.24) is 4.98 Å². The van der Waals surface area contributed by atoms with E-state index in [-0.39, 0.29) is 5.56 Å². The summed E-state index contributed by atoms with van der Waals surface area (Å²) < 4.78 is 23.0. The molecule has 25 heavy (non-hydrogen) atoms. The molecule has 0 atom stereocenters. The first-order valence-electron chi connectivity index (χ1n) is 7.84. The first-order chi connectivity index (χ1) is 11.8. The molecule has 0 radical (unpaired) electrons. The Bertz CT molecular complexity index is 856. The van der Waals surface area contributed by atoms with Crippen molar-refractivity contribution in [2.24, 2.45) is 0 Å². The second-order valence-corrected chi connectivity index (χ2v) is 7.97. The highest BCUT2D eigenvalue weighted by Crippen LogP contribution is 2.21. The molecule has 8 heteroatoms. The van der Waals surface area contributed by atoms with Gasteiger partial charge in [0.1, 0.15) is 5.82 Å². The molecule has 0 saturated carbocycles. The van der Waals surface area contributed by atoms with Crippen molar-refractivity contribution in [1.29, 1.82) is 0 Å². The van der Waals surface area contributed by atoms with Gasteiger partial charge in [0.2, 0.25) is 0 Å². The summed E-state index contributed by atoms with van der Waals surface area (Å²) in [5.41, 5.74) is 1.16.